The molecular weight excluding hydrogens is 455 g/mol. The minimum atomic E-state index is -3.44. The highest BCUT2D eigenvalue weighted by Crippen LogP contribution is 2.67. The zero-order valence-corrected chi connectivity index (χ0v) is 20.5. The third kappa shape index (κ3) is 4.39. The summed E-state index contributed by atoms with van der Waals surface area (Å²) in [6.45, 7) is 0.104. The summed E-state index contributed by atoms with van der Waals surface area (Å²) in [5.74, 6) is 1.11. The van der Waals surface area contributed by atoms with E-state index in [4.69, 9.17) is 10.5 Å². The first-order chi connectivity index (χ1) is 16.2. The van der Waals surface area contributed by atoms with Gasteiger partial charge in [-0.3, -0.25) is 4.79 Å². The second-order valence-corrected chi connectivity index (χ2v) is 13.1. The van der Waals surface area contributed by atoms with Gasteiger partial charge in [-0.2, -0.15) is 0 Å². The van der Waals surface area contributed by atoms with Crippen molar-refractivity contribution in [1.82, 2.24) is 5.32 Å². The Morgan fingerprint density at radius 1 is 1.06 bits per heavy atom. The molecule has 5 aliphatic rings. The van der Waals surface area contributed by atoms with E-state index in [1.807, 2.05) is 0 Å². The van der Waals surface area contributed by atoms with Crippen molar-refractivity contribution in [1.29, 1.82) is 0 Å². The van der Waals surface area contributed by atoms with Gasteiger partial charge in [0.25, 0.3) is 0 Å². The highest BCUT2D eigenvalue weighted by atomic mass is 32.2. The van der Waals surface area contributed by atoms with E-state index >= 15 is 0 Å². The number of carbonyl (C=O) groups is 1. The highest BCUT2D eigenvalue weighted by Gasteiger charge is 2.64. The zero-order chi connectivity index (χ0) is 24.0. The number of benzene rings is 1. The van der Waals surface area contributed by atoms with E-state index in [0.717, 1.165) is 64.2 Å². The Morgan fingerprint density at radius 2 is 1.68 bits per heavy atom. The van der Waals surface area contributed by atoms with Crippen LogP contribution in [0.2, 0.25) is 0 Å². The molecule has 5 fully saturated rings. The van der Waals surface area contributed by atoms with Gasteiger partial charge in [-0.25, -0.2) is 12.8 Å². The maximum absolute atomic E-state index is 13.3. The maximum atomic E-state index is 13.3. The summed E-state index contributed by atoms with van der Waals surface area (Å²) in [4.78, 5) is 12.8. The lowest BCUT2D eigenvalue weighted by molar-refractivity contribution is -0.126. The standard InChI is InChI=1S/C26H35FN2O4S/c27-15-19(16-28)17-33-21-3-5-22(6-4-21)34(31,32)18-24-7-10-25(11-8-24,12-9-24)26(13-14-26)29-23(30)20-1-2-20/h3-6,15,20H,1-2,7-14,16-18,28H2,(H,29,30). The van der Waals surface area contributed by atoms with Crippen molar-refractivity contribution < 1.29 is 22.3 Å². The van der Waals surface area contributed by atoms with Crippen molar-refractivity contribution in [2.75, 3.05) is 18.9 Å². The summed E-state index contributed by atoms with van der Waals surface area (Å²) in [7, 11) is -3.44. The predicted molar refractivity (Wildman–Crippen MR) is 128 cm³/mol. The summed E-state index contributed by atoms with van der Waals surface area (Å²) >= 11 is 0. The zero-order valence-electron chi connectivity index (χ0n) is 19.7. The molecule has 5 saturated carbocycles. The number of amides is 1. The lowest BCUT2D eigenvalue weighted by Gasteiger charge is -2.57. The van der Waals surface area contributed by atoms with E-state index in [1.54, 1.807) is 24.3 Å². The summed E-state index contributed by atoms with van der Waals surface area (Å²) in [5, 5.41) is 3.43. The SMILES string of the molecule is NCC(=CF)COc1ccc(S(=O)(=O)CC23CCC(C4(NC(=O)C5CC5)CC4)(CC2)CC3)cc1. The average molecular weight is 491 g/mol. The number of hydrogen-bond donors (Lipinski definition) is 2. The number of rotatable bonds is 10. The molecule has 0 spiro atoms. The van der Waals surface area contributed by atoms with Crippen LogP contribution < -0.4 is 15.8 Å². The molecule has 34 heavy (non-hydrogen) atoms. The smallest absolute Gasteiger partial charge is 0.223 e. The fourth-order valence-corrected chi connectivity index (χ4v) is 8.29. The van der Waals surface area contributed by atoms with E-state index in [1.165, 1.54) is 0 Å². The number of sulfone groups is 1. The lowest BCUT2D eigenvalue weighted by Crippen LogP contribution is -2.57. The van der Waals surface area contributed by atoms with E-state index in [-0.39, 0.29) is 47.1 Å². The van der Waals surface area contributed by atoms with Crippen molar-refractivity contribution in [2.45, 2.75) is 74.6 Å². The molecule has 0 aliphatic heterocycles. The summed E-state index contributed by atoms with van der Waals surface area (Å²) in [6.07, 6.45) is 10.4. The number of ether oxygens (including phenoxy) is 1. The van der Waals surface area contributed by atoms with Crippen LogP contribution in [0.4, 0.5) is 4.39 Å². The van der Waals surface area contributed by atoms with Crippen LogP contribution >= 0.6 is 0 Å². The molecule has 6 nitrogen and oxygen atoms in total. The summed E-state index contributed by atoms with van der Waals surface area (Å²) in [5.41, 5.74) is 5.71. The third-order valence-electron chi connectivity index (χ3n) is 9.00. The molecule has 1 aromatic rings. The Kier molecular flexibility index (Phi) is 6.04. The second kappa shape index (κ2) is 8.63. The van der Waals surface area contributed by atoms with E-state index < -0.39 is 9.84 Å². The van der Waals surface area contributed by atoms with Crippen LogP contribution in [0, 0.1) is 16.7 Å². The number of nitrogens with two attached hydrogens (primary N) is 1. The van der Waals surface area contributed by atoms with Crippen LogP contribution in [-0.4, -0.2) is 38.8 Å². The molecular formula is C26H35FN2O4S. The van der Waals surface area contributed by atoms with Gasteiger partial charge >= 0.3 is 0 Å². The summed E-state index contributed by atoms with van der Waals surface area (Å²) in [6, 6.07) is 6.38. The van der Waals surface area contributed by atoms with Crippen LogP contribution in [0.3, 0.4) is 0 Å². The van der Waals surface area contributed by atoms with Crippen LogP contribution in [-0.2, 0) is 14.6 Å². The van der Waals surface area contributed by atoms with Gasteiger partial charge in [-0.15, -0.1) is 0 Å². The average Bonchev–Trinajstić information content (AvgIpc) is 3.75. The fourth-order valence-electron chi connectivity index (χ4n) is 6.33. The molecule has 0 atom stereocenters. The molecule has 8 heteroatoms. The second-order valence-electron chi connectivity index (χ2n) is 11.1. The van der Waals surface area contributed by atoms with Gasteiger partial charge in [0.1, 0.15) is 12.4 Å². The van der Waals surface area contributed by atoms with Crippen molar-refractivity contribution >= 4 is 15.7 Å². The maximum Gasteiger partial charge on any atom is 0.223 e. The minimum Gasteiger partial charge on any atom is -0.489 e. The minimum absolute atomic E-state index is 0.0327. The number of hydrogen-bond acceptors (Lipinski definition) is 5. The van der Waals surface area contributed by atoms with Gasteiger partial charge in [0.05, 0.1) is 17.0 Å². The van der Waals surface area contributed by atoms with Gasteiger partial charge in [0, 0.05) is 23.6 Å². The van der Waals surface area contributed by atoms with Crippen molar-refractivity contribution in [3.05, 3.63) is 36.2 Å². The van der Waals surface area contributed by atoms with E-state index in [9.17, 15) is 17.6 Å². The summed E-state index contributed by atoms with van der Waals surface area (Å²) < 4.78 is 44.7. The molecule has 3 N–H and O–H groups in total. The van der Waals surface area contributed by atoms with Crippen molar-refractivity contribution in [3.8, 4) is 5.75 Å². The van der Waals surface area contributed by atoms with Crippen LogP contribution in [0.15, 0.2) is 41.1 Å². The Morgan fingerprint density at radius 3 is 2.18 bits per heavy atom. The van der Waals surface area contributed by atoms with Gasteiger partial charge in [0.2, 0.25) is 5.91 Å². The first-order valence-corrected chi connectivity index (χ1v) is 14.2. The molecule has 1 amide bonds. The molecule has 2 bridgehead atoms. The quantitative estimate of drug-likeness (QED) is 0.516. The topological polar surface area (TPSA) is 98.5 Å². The van der Waals surface area contributed by atoms with E-state index in [2.05, 4.69) is 5.32 Å². The molecule has 0 aromatic heterocycles. The fraction of sp³-hybridized carbons (Fsp3) is 0.654. The van der Waals surface area contributed by atoms with Gasteiger partial charge in [-0.05, 0) is 99.3 Å². The molecule has 0 heterocycles. The molecule has 5 aliphatic carbocycles. The van der Waals surface area contributed by atoms with Crippen molar-refractivity contribution in [3.63, 3.8) is 0 Å². The Labute approximate surface area is 201 Å². The molecule has 186 valence electrons. The number of nitrogens with one attached hydrogen (secondary N) is 1. The largest absolute Gasteiger partial charge is 0.489 e. The number of carbonyl (C=O) groups excluding carboxylic acids is 1. The molecule has 1 aromatic carbocycles. The molecule has 0 saturated heterocycles. The first-order valence-electron chi connectivity index (χ1n) is 12.5. The number of halogens is 1. The van der Waals surface area contributed by atoms with Gasteiger partial charge in [-0.1, -0.05) is 0 Å². The van der Waals surface area contributed by atoms with Crippen molar-refractivity contribution in [2.24, 2.45) is 22.5 Å². The van der Waals surface area contributed by atoms with Gasteiger partial charge < -0.3 is 15.8 Å². The third-order valence-corrected chi connectivity index (χ3v) is 11.0. The van der Waals surface area contributed by atoms with Crippen LogP contribution in [0.1, 0.15) is 64.2 Å². The Balaban J connectivity index is 1.21. The normalized spacial score (nSPS) is 30.1. The highest BCUT2D eigenvalue weighted by molar-refractivity contribution is 7.91. The predicted octanol–water partition coefficient (Wildman–Crippen LogP) is 4.05. The molecule has 0 radical (unpaired) electrons. The van der Waals surface area contributed by atoms with Crippen LogP contribution in [0.25, 0.3) is 0 Å². The monoisotopic (exact) mass is 490 g/mol. The Hall–Kier alpha value is -1.93. The Bertz CT molecular complexity index is 1050. The number of fused-ring (bicyclic) bond motifs is 3. The molecule has 0 unspecified atom stereocenters. The molecule has 6 rings (SSSR count). The van der Waals surface area contributed by atoms with Crippen LogP contribution in [0.5, 0.6) is 5.75 Å². The first kappa shape index (κ1) is 23.8. The lowest BCUT2D eigenvalue weighted by atomic mass is 9.51. The van der Waals surface area contributed by atoms with Gasteiger partial charge in [0.15, 0.2) is 9.84 Å². The van der Waals surface area contributed by atoms with E-state index in [0.29, 0.717) is 22.5 Å².